The lowest BCUT2D eigenvalue weighted by atomic mass is 9.81. The molecule has 138 valence electrons. The van der Waals surface area contributed by atoms with Gasteiger partial charge in [-0.1, -0.05) is 82.3 Å². The molecule has 2 aromatic rings. The third kappa shape index (κ3) is 2.52. The zero-order valence-corrected chi connectivity index (χ0v) is 17.3. The fourth-order valence-electron chi connectivity index (χ4n) is 4.98. The van der Waals surface area contributed by atoms with Crippen LogP contribution >= 0.6 is 0 Å². The molecule has 0 aromatic heterocycles. The number of benzene rings is 2. The number of anilines is 1. The van der Waals surface area contributed by atoms with E-state index >= 15 is 0 Å². The molecule has 0 atom stereocenters. The molecule has 2 aliphatic rings. The minimum absolute atomic E-state index is 0.0211. The second-order valence-electron chi connectivity index (χ2n) is 8.82. The zero-order valence-electron chi connectivity index (χ0n) is 17.3. The summed E-state index contributed by atoms with van der Waals surface area (Å²) in [6, 6.07) is 17.5. The lowest BCUT2D eigenvalue weighted by Gasteiger charge is -2.24. The van der Waals surface area contributed by atoms with Gasteiger partial charge in [-0.3, -0.25) is 0 Å². The number of para-hydroxylation sites is 1. The number of rotatable bonds is 2. The lowest BCUT2D eigenvalue weighted by molar-refractivity contribution is 0.640. The first-order valence-electron chi connectivity index (χ1n) is 9.79. The number of hydrogen-bond acceptors (Lipinski definition) is 1. The molecule has 0 fully saturated rings. The largest absolute Gasteiger partial charge is 0.347 e. The standard InChI is InChI=1S/C26H29N/c1-18-19-12-7-8-13-21(19)25(2,3)20(18)15-11-17-24-26(4,5)22-14-9-10-16-23(22)27(24)6/h7-17H,1-6H3/b15-11+,24-17+. The van der Waals surface area contributed by atoms with Crippen molar-refractivity contribution in [2.75, 3.05) is 11.9 Å². The van der Waals surface area contributed by atoms with Gasteiger partial charge in [0.2, 0.25) is 0 Å². The molecule has 0 bridgehead atoms. The van der Waals surface area contributed by atoms with Crippen LogP contribution in [0.5, 0.6) is 0 Å². The van der Waals surface area contributed by atoms with Gasteiger partial charge in [0.15, 0.2) is 0 Å². The van der Waals surface area contributed by atoms with Crippen molar-refractivity contribution in [2.45, 2.75) is 45.4 Å². The average molecular weight is 356 g/mol. The predicted octanol–water partition coefficient (Wildman–Crippen LogP) is 6.62. The van der Waals surface area contributed by atoms with Crippen LogP contribution in [0.2, 0.25) is 0 Å². The average Bonchev–Trinajstić information content (AvgIpc) is 2.96. The highest BCUT2D eigenvalue weighted by Gasteiger charge is 2.38. The Labute approximate surface area is 163 Å². The SMILES string of the molecule is CC1=C(/C=C/C=C2/N(C)c3ccccc3C2(C)C)C(C)(C)c2ccccc21. The van der Waals surface area contributed by atoms with Crippen LogP contribution in [0, 0.1) is 0 Å². The van der Waals surface area contributed by atoms with E-state index in [1.54, 1.807) is 0 Å². The molecule has 0 spiro atoms. The molecule has 2 aromatic carbocycles. The highest BCUT2D eigenvalue weighted by molar-refractivity contribution is 5.81. The minimum Gasteiger partial charge on any atom is -0.347 e. The molecule has 1 aliphatic heterocycles. The van der Waals surface area contributed by atoms with Gasteiger partial charge in [-0.25, -0.2) is 0 Å². The van der Waals surface area contributed by atoms with Crippen molar-refractivity contribution in [1.82, 2.24) is 0 Å². The molecule has 0 unspecified atom stereocenters. The highest BCUT2D eigenvalue weighted by atomic mass is 15.2. The Morgan fingerprint density at radius 2 is 1.44 bits per heavy atom. The van der Waals surface area contributed by atoms with E-state index in [1.807, 2.05) is 0 Å². The summed E-state index contributed by atoms with van der Waals surface area (Å²) in [5, 5.41) is 0. The highest BCUT2D eigenvalue weighted by Crippen LogP contribution is 2.48. The van der Waals surface area contributed by atoms with Crippen LogP contribution in [0.25, 0.3) is 5.57 Å². The Morgan fingerprint density at radius 1 is 0.815 bits per heavy atom. The van der Waals surface area contributed by atoms with Crippen molar-refractivity contribution < 1.29 is 0 Å². The lowest BCUT2D eigenvalue weighted by Crippen LogP contribution is -2.22. The van der Waals surface area contributed by atoms with Crippen molar-refractivity contribution in [2.24, 2.45) is 0 Å². The number of allylic oxidation sites excluding steroid dienone is 6. The summed E-state index contributed by atoms with van der Waals surface area (Å²) in [6.45, 7) is 11.5. The van der Waals surface area contributed by atoms with Gasteiger partial charge in [0, 0.05) is 29.3 Å². The quantitative estimate of drug-likeness (QED) is 0.585. The van der Waals surface area contributed by atoms with Gasteiger partial charge in [0.25, 0.3) is 0 Å². The Morgan fingerprint density at radius 3 is 2.11 bits per heavy atom. The van der Waals surface area contributed by atoms with E-state index in [0.29, 0.717) is 0 Å². The van der Waals surface area contributed by atoms with Crippen LogP contribution in [0.4, 0.5) is 5.69 Å². The second-order valence-corrected chi connectivity index (χ2v) is 8.82. The molecule has 0 N–H and O–H groups in total. The van der Waals surface area contributed by atoms with E-state index in [9.17, 15) is 0 Å². The van der Waals surface area contributed by atoms with E-state index < -0.39 is 0 Å². The Balaban J connectivity index is 1.70. The van der Waals surface area contributed by atoms with Gasteiger partial charge in [-0.05, 0) is 46.9 Å². The first-order valence-corrected chi connectivity index (χ1v) is 9.79. The molecule has 4 rings (SSSR count). The van der Waals surface area contributed by atoms with Gasteiger partial charge in [-0.15, -0.1) is 0 Å². The zero-order chi connectivity index (χ0) is 19.4. The van der Waals surface area contributed by atoms with E-state index in [1.165, 1.54) is 39.2 Å². The molecular formula is C26H29N. The van der Waals surface area contributed by atoms with Gasteiger partial charge in [-0.2, -0.15) is 0 Å². The van der Waals surface area contributed by atoms with Crippen LogP contribution in [0.1, 0.15) is 51.3 Å². The van der Waals surface area contributed by atoms with Gasteiger partial charge < -0.3 is 4.90 Å². The van der Waals surface area contributed by atoms with Crippen LogP contribution in [-0.4, -0.2) is 7.05 Å². The summed E-state index contributed by atoms with van der Waals surface area (Å²) in [6.07, 6.45) is 6.85. The Bertz CT molecular complexity index is 998. The topological polar surface area (TPSA) is 3.24 Å². The molecule has 1 nitrogen and oxygen atoms in total. The molecule has 0 radical (unpaired) electrons. The maximum Gasteiger partial charge on any atom is 0.0447 e. The fourth-order valence-corrected chi connectivity index (χ4v) is 4.98. The van der Waals surface area contributed by atoms with Gasteiger partial charge in [0.1, 0.15) is 0 Å². The number of hydrogen-bond donors (Lipinski definition) is 0. The van der Waals surface area contributed by atoms with Crippen LogP contribution < -0.4 is 4.90 Å². The number of fused-ring (bicyclic) bond motifs is 2. The van der Waals surface area contributed by atoms with Crippen molar-refractivity contribution >= 4 is 11.3 Å². The van der Waals surface area contributed by atoms with Crippen molar-refractivity contribution in [1.29, 1.82) is 0 Å². The maximum absolute atomic E-state index is 2.33. The predicted molar refractivity (Wildman–Crippen MR) is 117 cm³/mol. The summed E-state index contributed by atoms with van der Waals surface area (Å²) in [5.41, 5.74) is 9.75. The summed E-state index contributed by atoms with van der Waals surface area (Å²) >= 11 is 0. The molecule has 1 aliphatic carbocycles. The number of nitrogens with zero attached hydrogens (tertiary/aromatic N) is 1. The van der Waals surface area contributed by atoms with Crippen molar-refractivity contribution in [3.05, 3.63) is 94.7 Å². The summed E-state index contributed by atoms with van der Waals surface area (Å²) in [4.78, 5) is 2.33. The van der Waals surface area contributed by atoms with E-state index in [2.05, 4.69) is 113 Å². The molecule has 0 saturated heterocycles. The smallest absolute Gasteiger partial charge is 0.0447 e. The summed E-state index contributed by atoms with van der Waals surface area (Å²) in [7, 11) is 2.17. The third-order valence-electron chi connectivity index (χ3n) is 6.54. The van der Waals surface area contributed by atoms with Crippen LogP contribution in [-0.2, 0) is 10.8 Å². The molecule has 1 heterocycles. The monoisotopic (exact) mass is 355 g/mol. The molecule has 1 heteroatoms. The van der Waals surface area contributed by atoms with Crippen LogP contribution in [0.15, 0.2) is 78.0 Å². The fraction of sp³-hybridized carbons (Fsp3) is 0.308. The minimum atomic E-state index is 0.0211. The maximum atomic E-state index is 2.33. The van der Waals surface area contributed by atoms with Crippen molar-refractivity contribution in [3.63, 3.8) is 0 Å². The Kier molecular flexibility index (Phi) is 3.96. The Hall–Kier alpha value is -2.54. The number of likely N-dealkylation sites (N-methyl/N-ethyl adjacent to an activating group) is 1. The second kappa shape index (κ2) is 5.99. The van der Waals surface area contributed by atoms with Crippen molar-refractivity contribution in [3.8, 4) is 0 Å². The van der Waals surface area contributed by atoms with E-state index in [4.69, 9.17) is 0 Å². The summed E-state index contributed by atoms with van der Waals surface area (Å²) < 4.78 is 0. The first kappa shape index (κ1) is 17.9. The van der Waals surface area contributed by atoms with Crippen LogP contribution in [0.3, 0.4) is 0 Å². The molecular weight excluding hydrogens is 326 g/mol. The first-order chi connectivity index (χ1) is 12.8. The van der Waals surface area contributed by atoms with Gasteiger partial charge >= 0.3 is 0 Å². The van der Waals surface area contributed by atoms with E-state index in [0.717, 1.165) is 0 Å². The third-order valence-corrected chi connectivity index (χ3v) is 6.54. The van der Waals surface area contributed by atoms with E-state index in [-0.39, 0.29) is 10.8 Å². The summed E-state index contributed by atoms with van der Waals surface area (Å²) in [5.74, 6) is 0. The molecule has 0 amide bonds. The molecule has 0 saturated carbocycles. The molecule has 27 heavy (non-hydrogen) atoms. The van der Waals surface area contributed by atoms with Gasteiger partial charge in [0.05, 0.1) is 0 Å². The normalized spacial score (nSPS) is 21.3.